The van der Waals surface area contributed by atoms with E-state index in [-0.39, 0.29) is 18.7 Å². The first-order valence-corrected chi connectivity index (χ1v) is 6.71. The van der Waals surface area contributed by atoms with Crippen molar-refractivity contribution in [2.45, 2.75) is 25.8 Å². The first kappa shape index (κ1) is 14.1. The van der Waals surface area contributed by atoms with Crippen LogP contribution >= 0.6 is 0 Å². The lowest BCUT2D eigenvalue weighted by molar-refractivity contribution is 0.0222. The Labute approximate surface area is 113 Å². The largest absolute Gasteiger partial charge is 0.467 e. The lowest BCUT2D eigenvalue weighted by Gasteiger charge is -2.32. The first-order valence-electron chi connectivity index (χ1n) is 6.71. The molecule has 2 rings (SSSR count). The average molecular weight is 268 g/mol. The number of rotatable bonds is 5. The normalized spacial score (nSPS) is 16.7. The third-order valence-electron chi connectivity index (χ3n) is 3.31. The molecule has 1 aliphatic heterocycles. The molecule has 0 radical (unpaired) electrons. The van der Waals surface area contributed by atoms with Crippen molar-refractivity contribution in [2.24, 2.45) is 5.73 Å². The van der Waals surface area contributed by atoms with E-state index >= 15 is 0 Å². The van der Waals surface area contributed by atoms with Crippen LogP contribution in [0.5, 0.6) is 5.75 Å². The van der Waals surface area contributed by atoms with Gasteiger partial charge in [0, 0.05) is 31.8 Å². The SMILES string of the molecule is CCOCOc1ccc(N2CCC(N)CC2)c(F)c1. The molecular formula is C14H21FN2O2. The minimum Gasteiger partial charge on any atom is -0.467 e. The number of ether oxygens (including phenoxy) is 2. The quantitative estimate of drug-likeness (QED) is 0.656. The van der Waals surface area contributed by atoms with Crippen molar-refractivity contribution in [3.63, 3.8) is 0 Å². The van der Waals surface area contributed by atoms with Gasteiger partial charge in [0.2, 0.25) is 0 Å². The van der Waals surface area contributed by atoms with E-state index in [9.17, 15) is 4.39 Å². The molecule has 1 fully saturated rings. The van der Waals surface area contributed by atoms with Gasteiger partial charge < -0.3 is 20.1 Å². The second-order valence-corrected chi connectivity index (χ2v) is 4.69. The summed E-state index contributed by atoms with van der Waals surface area (Å²) in [5.41, 5.74) is 6.47. The van der Waals surface area contributed by atoms with Crippen LogP contribution in [0.4, 0.5) is 10.1 Å². The van der Waals surface area contributed by atoms with Gasteiger partial charge in [-0.1, -0.05) is 0 Å². The summed E-state index contributed by atoms with van der Waals surface area (Å²) in [6.07, 6.45) is 1.81. The zero-order chi connectivity index (χ0) is 13.7. The Morgan fingerprint density at radius 2 is 2.11 bits per heavy atom. The van der Waals surface area contributed by atoms with E-state index < -0.39 is 0 Å². The summed E-state index contributed by atoms with van der Waals surface area (Å²) in [5.74, 6) is 0.230. The van der Waals surface area contributed by atoms with Crippen LogP contribution < -0.4 is 15.4 Å². The van der Waals surface area contributed by atoms with Crippen LogP contribution in [0, 0.1) is 5.82 Å². The Morgan fingerprint density at radius 1 is 1.37 bits per heavy atom. The molecule has 1 heterocycles. The average Bonchev–Trinajstić information content (AvgIpc) is 2.41. The molecule has 1 aliphatic rings. The second-order valence-electron chi connectivity index (χ2n) is 4.69. The van der Waals surface area contributed by atoms with E-state index in [0.717, 1.165) is 25.9 Å². The molecule has 2 N–H and O–H groups in total. The Bertz CT molecular complexity index is 406. The molecule has 4 nitrogen and oxygen atoms in total. The summed E-state index contributed by atoms with van der Waals surface area (Å²) in [6, 6.07) is 5.18. The molecule has 5 heteroatoms. The van der Waals surface area contributed by atoms with E-state index in [1.54, 1.807) is 12.1 Å². The van der Waals surface area contributed by atoms with Crippen molar-refractivity contribution in [2.75, 3.05) is 31.4 Å². The summed E-state index contributed by atoms with van der Waals surface area (Å²) >= 11 is 0. The molecule has 0 aromatic heterocycles. The Balaban J connectivity index is 1.98. The highest BCUT2D eigenvalue weighted by Gasteiger charge is 2.19. The highest BCUT2D eigenvalue weighted by Crippen LogP contribution is 2.26. The number of piperidine rings is 1. The van der Waals surface area contributed by atoms with E-state index in [4.69, 9.17) is 15.2 Å². The van der Waals surface area contributed by atoms with Crippen molar-refractivity contribution >= 4 is 5.69 Å². The Hall–Kier alpha value is -1.33. The molecule has 1 aromatic carbocycles. The second kappa shape index (κ2) is 6.73. The third kappa shape index (κ3) is 3.81. The number of nitrogens with two attached hydrogens (primary N) is 1. The molecule has 106 valence electrons. The predicted octanol–water partition coefficient (Wildman–Crippen LogP) is 2.13. The number of hydrogen-bond donors (Lipinski definition) is 1. The van der Waals surface area contributed by atoms with Gasteiger partial charge in [0.1, 0.15) is 11.6 Å². The van der Waals surface area contributed by atoms with Gasteiger partial charge in [0.05, 0.1) is 5.69 Å². The zero-order valence-electron chi connectivity index (χ0n) is 11.3. The fourth-order valence-electron chi connectivity index (χ4n) is 2.17. The molecular weight excluding hydrogens is 247 g/mol. The number of benzene rings is 1. The Morgan fingerprint density at radius 3 is 2.74 bits per heavy atom. The molecule has 0 aliphatic carbocycles. The molecule has 0 saturated carbocycles. The fourth-order valence-corrected chi connectivity index (χ4v) is 2.17. The maximum absolute atomic E-state index is 14.0. The Kier molecular flexibility index (Phi) is 4.99. The van der Waals surface area contributed by atoms with Gasteiger partial charge in [-0.05, 0) is 31.9 Å². The van der Waals surface area contributed by atoms with Crippen molar-refractivity contribution in [3.05, 3.63) is 24.0 Å². The highest BCUT2D eigenvalue weighted by molar-refractivity contribution is 5.51. The van der Waals surface area contributed by atoms with Gasteiger partial charge in [-0.3, -0.25) is 0 Å². The van der Waals surface area contributed by atoms with E-state index in [1.165, 1.54) is 6.07 Å². The lowest BCUT2D eigenvalue weighted by atomic mass is 10.1. The third-order valence-corrected chi connectivity index (χ3v) is 3.31. The minimum absolute atomic E-state index is 0.147. The van der Waals surface area contributed by atoms with Crippen LogP contribution in [0.1, 0.15) is 19.8 Å². The maximum atomic E-state index is 14.0. The fraction of sp³-hybridized carbons (Fsp3) is 0.571. The topological polar surface area (TPSA) is 47.7 Å². The van der Waals surface area contributed by atoms with Crippen LogP contribution in [0.2, 0.25) is 0 Å². The van der Waals surface area contributed by atoms with Crippen molar-refractivity contribution in [1.29, 1.82) is 0 Å². The van der Waals surface area contributed by atoms with Crippen molar-refractivity contribution in [3.8, 4) is 5.75 Å². The molecule has 1 aromatic rings. The number of nitrogens with zero attached hydrogens (tertiary/aromatic N) is 1. The maximum Gasteiger partial charge on any atom is 0.189 e. The van der Waals surface area contributed by atoms with Crippen LogP contribution in [-0.2, 0) is 4.74 Å². The van der Waals surface area contributed by atoms with Gasteiger partial charge in [0.15, 0.2) is 6.79 Å². The van der Waals surface area contributed by atoms with Gasteiger partial charge in [-0.25, -0.2) is 4.39 Å². The number of halogens is 1. The summed E-state index contributed by atoms with van der Waals surface area (Å²) in [4.78, 5) is 2.03. The number of anilines is 1. The number of hydrogen-bond acceptors (Lipinski definition) is 4. The van der Waals surface area contributed by atoms with E-state index in [1.807, 2.05) is 11.8 Å². The zero-order valence-corrected chi connectivity index (χ0v) is 11.3. The monoisotopic (exact) mass is 268 g/mol. The predicted molar refractivity (Wildman–Crippen MR) is 72.9 cm³/mol. The van der Waals surface area contributed by atoms with Gasteiger partial charge >= 0.3 is 0 Å². The van der Waals surface area contributed by atoms with Gasteiger partial charge in [-0.15, -0.1) is 0 Å². The van der Waals surface area contributed by atoms with Crippen molar-refractivity contribution < 1.29 is 13.9 Å². The first-order chi connectivity index (χ1) is 9.20. The summed E-state index contributed by atoms with van der Waals surface area (Å²) in [6.45, 7) is 4.21. The minimum atomic E-state index is -0.260. The standard InChI is InChI=1S/C14H21FN2O2/c1-2-18-10-19-12-3-4-14(13(15)9-12)17-7-5-11(16)6-8-17/h3-4,9,11H,2,5-8,10,16H2,1H3. The highest BCUT2D eigenvalue weighted by atomic mass is 19.1. The smallest absolute Gasteiger partial charge is 0.189 e. The summed E-state index contributed by atoms with van der Waals surface area (Å²) in [7, 11) is 0. The van der Waals surface area contributed by atoms with Crippen molar-refractivity contribution in [1.82, 2.24) is 0 Å². The molecule has 0 spiro atoms. The van der Waals surface area contributed by atoms with E-state index in [2.05, 4.69) is 0 Å². The molecule has 0 amide bonds. The summed E-state index contributed by atoms with van der Waals surface area (Å²) in [5, 5.41) is 0. The van der Waals surface area contributed by atoms with E-state index in [0.29, 0.717) is 18.0 Å². The van der Waals surface area contributed by atoms with Gasteiger partial charge in [0.25, 0.3) is 0 Å². The molecule has 0 bridgehead atoms. The summed E-state index contributed by atoms with van der Waals surface area (Å²) < 4.78 is 24.4. The molecule has 0 unspecified atom stereocenters. The van der Waals surface area contributed by atoms with Crippen LogP contribution in [0.15, 0.2) is 18.2 Å². The lowest BCUT2D eigenvalue weighted by Crippen LogP contribution is -2.40. The molecule has 19 heavy (non-hydrogen) atoms. The molecule has 1 saturated heterocycles. The van der Waals surface area contributed by atoms with Crippen LogP contribution in [0.3, 0.4) is 0 Å². The van der Waals surface area contributed by atoms with Gasteiger partial charge in [-0.2, -0.15) is 0 Å². The van der Waals surface area contributed by atoms with Crippen LogP contribution in [0.25, 0.3) is 0 Å². The van der Waals surface area contributed by atoms with Crippen LogP contribution in [-0.4, -0.2) is 32.5 Å². The molecule has 0 atom stereocenters.